The predicted octanol–water partition coefficient (Wildman–Crippen LogP) is 2.57. The van der Waals surface area contributed by atoms with Crippen molar-refractivity contribution in [2.75, 3.05) is 6.54 Å². The number of rotatable bonds is 6. The van der Waals surface area contributed by atoms with Gasteiger partial charge in [-0.1, -0.05) is 19.1 Å². The highest BCUT2D eigenvalue weighted by atomic mass is 14.8. The van der Waals surface area contributed by atoms with Crippen molar-refractivity contribution in [1.29, 1.82) is 0 Å². The molecule has 1 N–H and O–H groups in total. The third-order valence-electron chi connectivity index (χ3n) is 2.74. The van der Waals surface area contributed by atoms with Crippen molar-refractivity contribution in [2.24, 2.45) is 0 Å². The van der Waals surface area contributed by atoms with E-state index in [4.69, 9.17) is 0 Å². The molecule has 2 aromatic heterocycles. The van der Waals surface area contributed by atoms with Gasteiger partial charge in [-0.15, -0.1) is 0 Å². The molecule has 0 radical (unpaired) electrons. The van der Waals surface area contributed by atoms with Crippen molar-refractivity contribution in [3.05, 3.63) is 59.7 Å². The lowest BCUT2D eigenvalue weighted by atomic mass is 10.1. The van der Waals surface area contributed by atoms with Gasteiger partial charge in [-0.05, 0) is 35.7 Å². The van der Waals surface area contributed by atoms with Gasteiger partial charge < -0.3 is 5.32 Å². The Bertz CT molecular complexity index is 468. The summed E-state index contributed by atoms with van der Waals surface area (Å²) < 4.78 is 0. The van der Waals surface area contributed by atoms with E-state index in [-0.39, 0.29) is 0 Å². The third-order valence-corrected chi connectivity index (χ3v) is 2.74. The second-order valence-electron chi connectivity index (χ2n) is 4.42. The highest BCUT2D eigenvalue weighted by molar-refractivity contribution is 5.24. The maximum absolute atomic E-state index is 4.30. The van der Waals surface area contributed by atoms with Crippen molar-refractivity contribution in [3.63, 3.8) is 0 Å². The molecule has 2 rings (SSSR count). The largest absolute Gasteiger partial charge is 0.313 e. The Morgan fingerprint density at radius 3 is 2.67 bits per heavy atom. The highest BCUT2D eigenvalue weighted by Crippen LogP contribution is 2.09. The second kappa shape index (κ2) is 6.87. The number of aromatic nitrogens is 2. The Kier molecular flexibility index (Phi) is 4.85. The Morgan fingerprint density at radius 2 is 1.89 bits per heavy atom. The topological polar surface area (TPSA) is 37.8 Å². The summed E-state index contributed by atoms with van der Waals surface area (Å²) in [7, 11) is 0. The van der Waals surface area contributed by atoms with Gasteiger partial charge in [-0.3, -0.25) is 9.97 Å². The first-order valence-corrected chi connectivity index (χ1v) is 6.41. The fraction of sp³-hybridized carbons (Fsp3) is 0.333. The van der Waals surface area contributed by atoms with Crippen LogP contribution in [0.15, 0.2) is 43.0 Å². The van der Waals surface area contributed by atoms with Gasteiger partial charge in [-0.25, -0.2) is 0 Å². The molecule has 3 nitrogen and oxygen atoms in total. The van der Waals surface area contributed by atoms with Crippen LogP contribution in [0.2, 0.25) is 0 Å². The molecule has 0 atom stereocenters. The van der Waals surface area contributed by atoms with E-state index in [1.54, 1.807) is 6.20 Å². The van der Waals surface area contributed by atoms with Gasteiger partial charge in [0.25, 0.3) is 0 Å². The molecule has 0 fully saturated rings. The molecule has 0 amide bonds. The van der Waals surface area contributed by atoms with Crippen molar-refractivity contribution in [2.45, 2.75) is 26.3 Å². The van der Waals surface area contributed by atoms with E-state index in [9.17, 15) is 0 Å². The van der Waals surface area contributed by atoms with Crippen LogP contribution in [0.5, 0.6) is 0 Å². The summed E-state index contributed by atoms with van der Waals surface area (Å²) in [5.74, 6) is 0. The minimum atomic E-state index is 0.891. The molecule has 0 aliphatic heterocycles. The van der Waals surface area contributed by atoms with Gasteiger partial charge in [0.05, 0.1) is 0 Å². The summed E-state index contributed by atoms with van der Waals surface area (Å²) in [5.41, 5.74) is 3.70. The summed E-state index contributed by atoms with van der Waals surface area (Å²) in [5, 5.41) is 3.39. The average molecular weight is 241 g/mol. The molecule has 2 aromatic rings. The molecule has 0 unspecified atom stereocenters. The lowest BCUT2D eigenvalue weighted by Crippen LogP contribution is -2.14. The van der Waals surface area contributed by atoms with Crippen LogP contribution >= 0.6 is 0 Å². The zero-order valence-corrected chi connectivity index (χ0v) is 10.8. The zero-order chi connectivity index (χ0) is 12.6. The molecule has 0 aliphatic rings. The van der Waals surface area contributed by atoms with Crippen LogP contribution in [0, 0.1) is 0 Å². The number of hydrogen-bond acceptors (Lipinski definition) is 3. The molecule has 3 heteroatoms. The van der Waals surface area contributed by atoms with Crippen LogP contribution in [0.1, 0.15) is 30.0 Å². The monoisotopic (exact) mass is 241 g/mol. The van der Waals surface area contributed by atoms with E-state index in [0.29, 0.717) is 0 Å². The molecular formula is C15H19N3. The molecule has 0 aromatic carbocycles. The average Bonchev–Trinajstić information content (AvgIpc) is 2.41. The van der Waals surface area contributed by atoms with E-state index < -0.39 is 0 Å². The summed E-state index contributed by atoms with van der Waals surface area (Å²) in [6, 6.07) is 6.27. The van der Waals surface area contributed by atoms with Crippen LogP contribution in [0.4, 0.5) is 0 Å². The fourth-order valence-corrected chi connectivity index (χ4v) is 1.88. The van der Waals surface area contributed by atoms with Gasteiger partial charge in [0.1, 0.15) is 0 Å². The Labute approximate surface area is 108 Å². The van der Waals surface area contributed by atoms with Crippen molar-refractivity contribution >= 4 is 0 Å². The van der Waals surface area contributed by atoms with Crippen LogP contribution in [0.3, 0.4) is 0 Å². The zero-order valence-electron chi connectivity index (χ0n) is 10.8. The summed E-state index contributed by atoms with van der Waals surface area (Å²) >= 11 is 0. The van der Waals surface area contributed by atoms with Gasteiger partial charge in [0, 0.05) is 37.8 Å². The van der Waals surface area contributed by atoms with E-state index in [0.717, 1.165) is 25.9 Å². The molecule has 0 bridgehead atoms. The Balaban J connectivity index is 1.99. The van der Waals surface area contributed by atoms with Gasteiger partial charge in [0.15, 0.2) is 0 Å². The molecule has 2 heterocycles. The molecule has 0 saturated heterocycles. The smallest absolute Gasteiger partial charge is 0.0313 e. The first-order chi connectivity index (χ1) is 8.88. The second-order valence-corrected chi connectivity index (χ2v) is 4.42. The van der Waals surface area contributed by atoms with Crippen molar-refractivity contribution < 1.29 is 0 Å². The van der Waals surface area contributed by atoms with Gasteiger partial charge in [0.2, 0.25) is 0 Å². The Hall–Kier alpha value is -1.74. The summed E-state index contributed by atoms with van der Waals surface area (Å²) in [6.07, 6.45) is 9.60. The number of hydrogen-bond donors (Lipinski definition) is 1. The molecule has 94 valence electrons. The maximum atomic E-state index is 4.30. The Morgan fingerprint density at radius 1 is 1.06 bits per heavy atom. The van der Waals surface area contributed by atoms with Crippen molar-refractivity contribution in [1.82, 2.24) is 15.3 Å². The molecular weight excluding hydrogens is 222 g/mol. The highest BCUT2D eigenvalue weighted by Gasteiger charge is 1.99. The SMILES string of the molecule is CCCNCc1cncc(Cc2cccnc2)c1. The summed E-state index contributed by atoms with van der Waals surface area (Å²) in [6.45, 7) is 4.11. The van der Waals surface area contributed by atoms with Gasteiger partial charge >= 0.3 is 0 Å². The molecule has 0 saturated carbocycles. The number of pyridine rings is 2. The van der Waals surface area contributed by atoms with E-state index in [1.165, 1.54) is 16.7 Å². The van der Waals surface area contributed by atoms with E-state index in [1.807, 2.05) is 24.7 Å². The van der Waals surface area contributed by atoms with Crippen LogP contribution < -0.4 is 5.32 Å². The number of nitrogens with zero attached hydrogens (tertiary/aromatic N) is 2. The summed E-state index contributed by atoms with van der Waals surface area (Å²) in [4.78, 5) is 8.43. The first kappa shape index (κ1) is 12.7. The minimum Gasteiger partial charge on any atom is -0.313 e. The standard InChI is InChI=1S/C15H19N3/c1-2-5-16-11-15-8-14(10-18-12-15)7-13-4-3-6-17-9-13/h3-4,6,8-10,12,16H,2,5,7,11H2,1H3. The van der Waals surface area contributed by atoms with Crippen LogP contribution in [0.25, 0.3) is 0 Å². The lowest BCUT2D eigenvalue weighted by molar-refractivity contribution is 0.673. The molecule has 0 aliphatic carbocycles. The number of nitrogens with one attached hydrogen (secondary N) is 1. The molecule has 0 spiro atoms. The van der Waals surface area contributed by atoms with Crippen LogP contribution in [-0.4, -0.2) is 16.5 Å². The first-order valence-electron chi connectivity index (χ1n) is 6.41. The van der Waals surface area contributed by atoms with E-state index >= 15 is 0 Å². The molecule has 18 heavy (non-hydrogen) atoms. The fourth-order valence-electron chi connectivity index (χ4n) is 1.88. The minimum absolute atomic E-state index is 0.891. The van der Waals surface area contributed by atoms with Crippen molar-refractivity contribution in [3.8, 4) is 0 Å². The normalized spacial score (nSPS) is 10.5. The quantitative estimate of drug-likeness (QED) is 0.790. The third kappa shape index (κ3) is 3.93. The van der Waals surface area contributed by atoms with Gasteiger partial charge in [-0.2, -0.15) is 0 Å². The van der Waals surface area contributed by atoms with Crippen LogP contribution in [-0.2, 0) is 13.0 Å². The maximum Gasteiger partial charge on any atom is 0.0313 e. The predicted molar refractivity (Wildman–Crippen MR) is 73.3 cm³/mol. The van der Waals surface area contributed by atoms with E-state index in [2.05, 4.69) is 34.3 Å². The lowest BCUT2D eigenvalue weighted by Gasteiger charge is -2.06.